The lowest BCUT2D eigenvalue weighted by atomic mass is 10.1. The van der Waals surface area contributed by atoms with E-state index in [1.807, 2.05) is 39.0 Å². The molecule has 0 unspecified atom stereocenters. The van der Waals surface area contributed by atoms with Crippen LogP contribution in [0.3, 0.4) is 0 Å². The van der Waals surface area contributed by atoms with Gasteiger partial charge in [0.05, 0.1) is 11.3 Å². The quantitative estimate of drug-likeness (QED) is 0.885. The van der Waals surface area contributed by atoms with Gasteiger partial charge in [-0.3, -0.25) is 9.78 Å². The number of aromatic nitrogens is 2. The molecular formula is C15H17ClN2O2. The van der Waals surface area contributed by atoms with Crippen LogP contribution in [0.15, 0.2) is 27.8 Å². The van der Waals surface area contributed by atoms with Gasteiger partial charge in [-0.15, -0.1) is 0 Å². The molecule has 4 nitrogen and oxygen atoms in total. The first-order valence-corrected chi connectivity index (χ1v) is 6.95. The van der Waals surface area contributed by atoms with Crippen molar-refractivity contribution in [1.82, 2.24) is 9.55 Å². The van der Waals surface area contributed by atoms with Gasteiger partial charge < -0.3 is 0 Å². The van der Waals surface area contributed by atoms with Crippen LogP contribution in [-0.2, 0) is 6.42 Å². The van der Waals surface area contributed by atoms with Gasteiger partial charge >= 0.3 is 5.69 Å². The Morgan fingerprint density at radius 3 is 2.35 bits per heavy atom. The zero-order valence-electron chi connectivity index (χ0n) is 11.8. The fourth-order valence-corrected chi connectivity index (χ4v) is 2.63. The predicted octanol–water partition coefficient (Wildman–Crippen LogP) is 2.75. The third-order valence-corrected chi connectivity index (χ3v) is 3.63. The van der Waals surface area contributed by atoms with Crippen molar-refractivity contribution in [3.63, 3.8) is 0 Å². The van der Waals surface area contributed by atoms with E-state index in [4.69, 9.17) is 11.6 Å². The minimum Gasteiger partial charge on any atom is -0.297 e. The number of H-pyrrole nitrogens is 1. The minimum atomic E-state index is -0.503. The monoisotopic (exact) mass is 292 g/mol. The Morgan fingerprint density at radius 1 is 1.20 bits per heavy atom. The standard InChI is InChI=1S/C15H17ClN2O2/c1-4-6-11-13(16)17-15(20)18(14(11)19)12-9(2)7-5-8-10(12)3/h5,7-8H,4,6H2,1-3H3,(H,17,20). The first-order chi connectivity index (χ1) is 9.47. The fourth-order valence-electron chi connectivity index (χ4n) is 2.37. The summed E-state index contributed by atoms with van der Waals surface area (Å²) in [6.45, 7) is 5.72. The van der Waals surface area contributed by atoms with Gasteiger partial charge in [0, 0.05) is 0 Å². The molecule has 0 spiro atoms. The molecule has 2 rings (SSSR count). The lowest BCUT2D eigenvalue weighted by molar-refractivity contribution is 0.805. The average Bonchev–Trinajstić information content (AvgIpc) is 2.37. The summed E-state index contributed by atoms with van der Waals surface area (Å²) >= 11 is 5.98. The number of aryl methyl sites for hydroxylation is 2. The molecule has 1 N–H and O–H groups in total. The molecule has 0 bridgehead atoms. The minimum absolute atomic E-state index is 0.143. The summed E-state index contributed by atoms with van der Waals surface area (Å²) in [5.41, 5.74) is 2.00. The van der Waals surface area contributed by atoms with Gasteiger partial charge in [-0.1, -0.05) is 43.1 Å². The van der Waals surface area contributed by atoms with Crippen LogP contribution in [0, 0.1) is 13.8 Å². The summed E-state index contributed by atoms with van der Waals surface area (Å²) in [6.07, 6.45) is 1.33. The van der Waals surface area contributed by atoms with Gasteiger partial charge in [0.2, 0.25) is 0 Å². The topological polar surface area (TPSA) is 54.9 Å². The number of nitrogens with one attached hydrogen (secondary N) is 1. The van der Waals surface area contributed by atoms with Crippen LogP contribution in [0.4, 0.5) is 0 Å². The molecule has 0 aliphatic heterocycles. The van der Waals surface area contributed by atoms with Gasteiger partial charge in [0.15, 0.2) is 0 Å². The van der Waals surface area contributed by atoms with Gasteiger partial charge in [-0.25, -0.2) is 9.36 Å². The second-order valence-corrected chi connectivity index (χ2v) is 5.23. The summed E-state index contributed by atoms with van der Waals surface area (Å²) in [5.74, 6) is 0. The van der Waals surface area contributed by atoms with Crippen LogP contribution in [0.2, 0.25) is 5.15 Å². The summed E-state index contributed by atoms with van der Waals surface area (Å²) in [6, 6.07) is 5.65. The maximum Gasteiger partial charge on any atom is 0.334 e. The van der Waals surface area contributed by atoms with Gasteiger partial charge in [0.1, 0.15) is 5.15 Å². The van der Waals surface area contributed by atoms with Crippen LogP contribution < -0.4 is 11.2 Å². The van der Waals surface area contributed by atoms with E-state index >= 15 is 0 Å². The number of nitrogens with zero attached hydrogens (tertiary/aromatic N) is 1. The first-order valence-electron chi connectivity index (χ1n) is 6.57. The number of hydrogen-bond donors (Lipinski definition) is 1. The SMILES string of the molecule is CCCc1c(Cl)[nH]c(=O)n(-c2c(C)cccc2C)c1=O. The lowest BCUT2D eigenvalue weighted by Crippen LogP contribution is -2.37. The molecule has 0 atom stereocenters. The molecule has 0 aliphatic rings. The predicted molar refractivity (Wildman–Crippen MR) is 81.1 cm³/mol. The third-order valence-electron chi connectivity index (χ3n) is 3.31. The zero-order valence-corrected chi connectivity index (χ0v) is 12.5. The number of aromatic amines is 1. The van der Waals surface area contributed by atoms with E-state index in [1.165, 1.54) is 4.57 Å². The maximum atomic E-state index is 12.6. The van der Waals surface area contributed by atoms with E-state index < -0.39 is 5.69 Å². The molecule has 0 saturated carbocycles. The first kappa shape index (κ1) is 14.6. The Hall–Kier alpha value is -1.81. The van der Waals surface area contributed by atoms with Crippen LogP contribution in [0.5, 0.6) is 0 Å². The number of hydrogen-bond acceptors (Lipinski definition) is 2. The molecular weight excluding hydrogens is 276 g/mol. The van der Waals surface area contributed by atoms with Gasteiger partial charge in [0.25, 0.3) is 5.56 Å². The molecule has 0 aliphatic carbocycles. The Kier molecular flexibility index (Phi) is 4.14. The summed E-state index contributed by atoms with van der Waals surface area (Å²) in [5, 5.41) is 0.143. The van der Waals surface area contributed by atoms with E-state index in [1.54, 1.807) is 0 Å². The molecule has 5 heteroatoms. The van der Waals surface area contributed by atoms with E-state index in [0.717, 1.165) is 17.5 Å². The fraction of sp³-hybridized carbons (Fsp3) is 0.333. The molecule has 0 fully saturated rings. The molecule has 0 amide bonds. The summed E-state index contributed by atoms with van der Waals surface area (Å²) in [4.78, 5) is 27.3. The Morgan fingerprint density at radius 2 is 1.80 bits per heavy atom. The molecule has 2 aromatic rings. The van der Waals surface area contributed by atoms with Crippen molar-refractivity contribution < 1.29 is 0 Å². The highest BCUT2D eigenvalue weighted by Gasteiger charge is 2.16. The van der Waals surface area contributed by atoms with Crippen molar-refractivity contribution >= 4 is 11.6 Å². The van der Waals surface area contributed by atoms with E-state index in [9.17, 15) is 9.59 Å². The number of para-hydroxylation sites is 1. The average molecular weight is 293 g/mol. The number of rotatable bonds is 3. The van der Waals surface area contributed by atoms with E-state index in [0.29, 0.717) is 17.7 Å². The largest absolute Gasteiger partial charge is 0.334 e. The summed E-state index contributed by atoms with van der Waals surface area (Å²) in [7, 11) is 0. The van der Waals surface area contributed by atoms with Crippen molar-refractivity contribution in [2.45, 2.75) is 33.6 Å². The second kappa shape index (κ2) is 5.67. The Balaban J connectivity index is 2.85. The van der Waals surface area contributed by atoms with Gasteiger partial charge in [-0.2, -0.15) is 0 Å². The van der Waals surface area contributed by atoms with Crippen molar-refractivity contribution in [2.24, 2.45) is 0 Å². The smallest absolute Gasteiger partial charge is 0.297 e. The van der Waals surface area contributed by atoms with Crippen LogP contribution >= 0.6 is 11.6 Å². The molecule has 1 aromatic carbocycles. The zero-order chi connectivity index (χ0) is 14.9. The second-order valence-electron chi connectivity index (χ2n) is 4.85. The van der Waals surface area contributed by atoms with Crippen molar-refractivity contribution in [1.29, 1.82) is 0 Å². The lowest BCUT2D eigenvalue weighted by Gasteiger charge is -2.13. The van der Waals surface area contributed by atoms with Crippen molar-refractivity contribution in [3.8, 4) is 5.69 Å². The molecule has 0 radical (unpaired) electrons. The van der Waals surface area contributed by atoms with Crippen molar-refractivity contribution in [3.05, 3.63) is 60.9 Å². The molecule has 106 valence electrons. The Bertz CT molecular complexity index is 739. The summed E-state index contributed by atoms with van der Waals surface area (Å²) < 4.78 is 1.18. The van der Waals surface area contributed by atoms with Crippen molar-refractivity contribution in [2.75, 3.05) is 0 Å². The molecule has 1 heterocycles. The molecule has 1 aromatic heterocycles. The normalized spacial score (nSPS) is 10.8. The van der Waals surface area contributed by atoms with Crippen LogP contribution in [-0.4, -0.2) is 9.55 Å². The third kappa shape index (κ3) is 2.43. The highest BCUT2D eigenvalue weighted by molar-refractivity contribution is 6.30. The van der Waals surface area contributed by atoms with E-state index in [2.05, 4.69) is 4.98 Å². The molecule has 20 heavy (non-hydrogen) atoms. The van der Waals surface area contributed by atoms with Gasteiger partial charge in [-0.05, 0) is 31.4 Å². The number of benzene rings is 1. The molecule has 0 saturated heterocycles. The van der Waals surface area contributed by atoms with E-state index in [-0.39, 0.29) is 10.7 Å². The highest BCUT2D eigenvalue weighted by Crippen LogP contribution is 2.17. The maximum absolute atomic E-state index is 12.6. The Labute approximate surface area is 122 Å². The highest BCUT2D eigenvalue weighted by atomic mass is 35.5. The van der Waals surface area contributed by atoms with Crippen LogP contribution in [0.1, 0.15) is 30.0 Å². The number of halogens is 1. The van der Waals surface area contributed by atoms with Crippen LogP contribution in [0.25, 0.3) is 5.69 Å².